The fourth-order valence-electron chi connectivity index (χ4n) is 3.71. The van der Waals surface area contributed by atoms with Crippen LogP contribution in [0.25, 0.3) is 17.1 Å². The number of aromatic nitrogens is 4. The molecule has 2 aromatic carbocycles. The van der Waals surface area contributed by atoms with E-state index in [0.717, 1.165) is 48.9 Å². The van der Waals surface area contributed by atoms with Crippen LogP contribution in [0.1, 0.15) is 10.4 Å². The van der Waals surface area contributed by atoms with Crippen molar-refractivity contribution < 1.29 is 4.79 Å². The fraction of sp³-hybridized carbons (Fsp3) is 0.167. The van der Waals surface area contributed by atoms with E-state index in [9.17, 15) is 4.79 Å². The first-order valence-corrected chi connectivity index (χ1v) is 10.6. The summed E-state index contributed by atoms with van der Waals surface area (Å²) in [5.74, 6) is 0.537. The molecule has 5 rings (SSSR count). The van der Waals surface area contributed by atoms with E-state index >= 15 is 0 Å². The Morgan fingerprint density at radius 2 is 1.69 bits per heavy atom. The maximum atomic E-state index is 12.6. The zero-order valence-electron chi connectivity index (χ0n) is 17.5. The van der Waals surface area contributed by atoms with Crippen molar-refractivity contribution in [2.75, 3.05) is 31.5 Å². The Bertz CT molecular complexity index is 1200. The molecule has 8 nitrogen and oxygen atoms in total. The van der Waals surface area contributed by atoms with Gasteiger partial charge in [-0.15, -0.1) is 0 Å². The van der Waals surface area contributed by atoms with Crippen LogP contribution in [0.3, 0.4) is 0 Å². The number of anilines is 2. The van der Waals surface area contributed by atoms with E-state index in [2.05, 4.69) is 25.7 Å². The number of hydrogen-bond donors (Lipinski definition) is 2. The molecule has 0 bridgehead atoms. The lowest BCUT2D eigenvalue weighted by Gasteiger charge is -2.27. The van der Waals surface area contributed by atoms with Gasteiger partial charge in [-0.3, -0.25) is 4.79 Å². The van der Waals surface area contributed by atoms with Crippen LogP contribution in [0, 0.1) is 0 Å². The Labute approximate surface area is 185 Å². The lowest BCUT2D eigenvalue weighted by atomic mass is 10.1. The predicted octanol–water partition coefficient (Wildman–Crippen LogP) is 3.12. The smallest absolute Gasteiger partial charge is 0.253 e. The summed E-state index contributed by atoms with van der Waals surface area (Å²) in [4.78, 5) is 23.5. The van der Waals surface area contributed by atoms with Gasteiger partial charge in [0.1, 0.15) is 0 Å². The van der Waals surface area contributed by atoms with Crippen molar-refractivity contribution >= 4 is 17.5 Å². The van der Waals surface area contributed by atoms with Crippen LogP contribution in [0.4, 0.5) is 11.6 Å². The molecule has 0 spiro atoms. The first-order chi connectivity index (χ1) is 15.8. The van der Waals surface area contributed by atoms with Crippen LogP contribution in [0.15, 0.2) is 79.1 Å². The molecule has 1 amide bonds. The minimum atomic E-state index is 0.0606. The van der Waals surface area contributed by atoms with Crippen molar-refractivity contribution in [1.82, 2.24) is 30.0 Å². The molecule has 0 unspecified atom stereocenters. The average molecular weight is 425 g/mol. The Balaban J connectivity index is 1.33. The van der Waals surface area contributed by atoms with Crippen molar-refractivity contribution in [3.63, 3.8) is 0 Å². The molecule has 0 saturated carbocycles. The van der Waals surface area contributed by atoms with Crippen molar-refractivity contribution in [2.24, 2.45) is 0 Å². The maximum absolute atomic E-state index is 12.6. The van der Waals surface area contributed by atoms with Gasteiger partial charge in [0, 0.05) is 43.6 Å². The van der Waals surface area contributed by atoms with Gasteiger partial charge in [-0.2, -0.15) is 5.10 Å². The van der Waals surface area contributed by atoms with Gasteiger partial charge in [-0.1, -0.05) is 18.2 Å². The van der Waals surface area contributed by atoms with Crippen LogP contribution >= 0.6 is 0 Å². The molecule has 8 heteroatoms. The normalized spacial score (nSPS) is 13.7. The summed E-state index contributed by atoms with van der Waals surface area (Å²) in [6, 6.07) is 21.1. The highest BCUT2D eigenvalue weighted by atomic mass is 16.2. The minimum Gasteiger partial charge on any atom is -0.336 e. The first kappa shape index (κ1) is 19.9. The van der Waals surface area contributed by atoms with Crippen LogP contribution in [-0.2, 0) is 0 Å². The summed E-state index contributed by atoms with van der Waals surface area (Å²) in [6.07, 6.45) is 3.47. The van der Waals surface area contributed by atoms with Crippen LogP contribution in [0.5, 0.6) is 0 Å². The summed E-state index contributed by atoms with van der Waals surface area (Å²) in [6.45, 7) is 3.14. The van der Waals surface area contributed by atoms with Gasteiger partial charge >= 0.3 is 0 Å². The summed E-state index contributed by atoms with van der Waals surface area (Å²) in [5, 5.41) is 10.9. The number of nitrogens with zero attached hydrogens (tertiary/aromatic N) is 5. The van der Waals surface area contributed by atoms with E-state index in [1.54, 1.807) is 12.4 Å². The number of benzene rings is 2. The second-order valence-corrected chi connectivity index (χ2v) is 7.47. The van der Waals surface area contributed by atoms with Crippen molar-refractivity contribution in [1.29, 1.82) is 0 Å². The molecule has 0 atom stereocenters. The molecule has 1 fully saturated rings. The Hall–Kier alpha value is -4.04. The van der Waals surface area contributed by atoms with E-state index in [4.69, 9.17) is 0 Å². The standard InChI is InChI=1S/C24H23N7O/c32-23(30-16-14-25-15-17-30)18-6-8-19(9-7-18)28-24-26-12-10-21(29-24)22-11-13-27-31(22)20-4-2-1-3-5-20/h1-13,25H,14-17H2,(H,26,28,29). The Morgan fingerprint density at radius 3 is 2.47 bits per heavy atom. The number of amides is 1. The third-order valence-electron chi connectivity index (χ3n) is 5.35. The molecule has 32 heavy (non-hydrogen) atoms. The van der Waals surface area contributed by atoms with E-state index < -0.39 is 0 Å². The predicted molar refractivity (Wildman–Crippen MR) is 123 cm³/mol. The zero-order chi connectivity index (χ0) is 21.8. The van der Waals surface area contributed by atoms with Gasteiger partial charge in [0.2, 0.25) is 5.95 Å². The van der Waals surface area contributed by atoms with Crippen LogP contribution in [0.2, 0.25) is 0 Å². The molecule has 0 radical (unpaired) electrons. The number of nitrogens with one attached hydrogen (secondary N) is 2. The molecule has 1 aliphatic rings. The van der Waals surface area contributed by atoms with Crippen molar-refractivity contribution in [2.45, 2.75) is 0 Å². The Kier molecular flexibility index (Phi) is 5.59. The largest absolute Gasteiger partial charge is 0.336 e. The third-order valence-corrected chi connectivity index (χ3v) is 5.35. The fourth-order valence-corrected chi connectivity index (χ4v) is 3.71. The third kappa shape index (κ3) is 4.21. The molecule has 160 valence electrons. The summed E-state index contributed by atoms with van der Waals surface area (Å²) in [7, 11) is 0. The quantitative estimate of drug-likeness (QED) is 0.511. The van der Waals surface area contributed by atoms with E-state index in [0.29, 0.717) is 11.5 Å². The Morgan fingerprint density at radius 1 is 0.906 bits per heavy atom. The molecule has 4 aromatic rings. The molecular weight excluding hydrogens is 402 g/mol. The number of carbonyl (C=O) groups excluding carboxylic acids is 1. The maximum Gasteiger partial charge on any atom is 0.253 e. The van der Waals surface area contributed by atoms with Gasteiger partial charge in [-0.05, 0) is 48.5 Å². The highest BCUT2D eigenvalue weighted by molar-refractivity contribution is 5.94. The molecule has 1 aliphatic heterocycles. The summed E-state index contributed by atoms with van der Waals surface area (Å²) in [5.41, 5.74) is 4.09. The number of carbonyl (C=O) groups is 1. The van der Waals surface area contributed by atoms with Gasteiger partial charge < -0.3 is 15.5 Å². The van der Waals surface area contributed by atoms with Gasteiger partial charge in [0.15, 0.2) is 0 Å². The zero-order valence-corrected chi connectivity index (χ0v) is 17.5. The molecule has 1 saturated heterocycles. The van der Waals surface area contributed by atoms with E-state index in [1.165, 1.54) is 0 Å². The van der Waals surface area contributed by atoms with Crippen LogP contribution in [-0.4, -0.2) is 56.7 Å². The highest BCUT2D eigenvalue weighted by Crippen LogP contribution is 2.22. The summed E-state index contributed by atoms with van der Waals surface area (Å²) < 4.78 is 1.85. The second kappa shape index (κ2) is 8.99. The van der Waals surface area contributed by atoms with E-state index in [-0.39, 0.29) is 5.91 Å². The van der Waals surface area contributed by atoms with Gasteiger partial charge in [0.05, 0.1) is 23.3 Å². The topological polar surface area (TPSA) is 88.0 Å². The molecule has 0 aliphatic carbocycles. The van der Waals surface area contributed by atoms with Crippen LogP contribution < -0.4 is 10.6 Å². The van der Waals surface area contributed by atoms with Crippen molar-refractivity contribution in [3.05, 3.63) is 84.7 Å². The number of para-hydroxylation sites is 1. The minimum absolute atomic E-state index is 0.0606. The van der Waals surface area contributed by atoms with Crippen molar-refractivity contribution in [3.8, 4) is 17.1 Å². The number of piperazine rings is 1. The first-order valence-electron chi connectivity index (χ1n) is 10.6. The number of rotatable bonds is 5. The second-order valence-electron chi connectivity index (χ2n) is 7.47. The molecule has 3 heterocycles. The lowest BCUT2D eigenvalue weighted by Crippen LogP contribution is -2.46. The molecular formula is C24H23N7O. The SMILES string of the molecule is O=C(c1ccc(Nc2nccc(-c3ccnn3-c3ccccc3)n2)cc1)N1CCNCC1. The molecule has 2 N–H and O–H groups in total. The van der Waals surface area contributed by atoms with Gasteiger partial charge in [-0.25, -0.2) is 14.6 Å². The average Bonchev–Trinajstić information content (AvgIpc) is 3.36. The van der Waals surface area contributed by atoms with Gasteiger partial charge in [0.25, 0.3) is 5.91 Å². The monoisotopic (exact) mass is 425 g/mol. The highest BCUT2D eigenvalue weighted by Gasteiger charge is 2.17. The van der Waals surface area contributed by atoms with E-state index in [1.807, 2.05) is 76.3 Å². The molecule has 2 aromatic heterocycles. The number of hydrogen-bond acceptors (Lipinski definition) is 6. The summed E-state index contributed by atoms with van der Waals surface area (Å²) >= 11 is 0. The lowest BCUT2D eigenvalue weighted by molar-refractivity contribution is 0.0736.